The fourth-order valence-corrected chi connectivity index (χ4v) is 2.69. The minimum atomic E-state index is -0.471. The summed E-state index contributed by atoms with van der Waals surface area (Å²) in [7, 11) is 3.17. The van der Waals surface area contributed by atoms with Crippen molar-refractivity contribution in [2.45, 2.75) is 6.42 Å². The van der Waals surface area contributed by atoms with Crippen molar-refractivity contribution < 1.29 is 9.53 Å². The van der Waals surface area contributed by atoms with Gasteiger partial charge in [-0.15, -0.1) is 0 Å². The number of halogens is 1. The maximum Gasteiger partial charge on any atom is 0.340 e. The normalized spacial score (nSPS) is 10.9. The summed E-state index contributed by atoms with van der Waals surface area (Å²) in [6, 6.07) is 5.34. The average Bonchev–Trinajstić information content (AvgIpc) is 2.94. The zero-order chi connectivity index (χ0) is 16.6. The smallest absolute Gasteiger partial charge is 0.340 e. The molecule has 2 N–H and O–H groups in total. The van der Waals surface area contributed by atoms with Crippen LogP contribution in [0, 0.1) is 0 Å². The van der Waals surface area contributed by atoms with Gasteiger partial charge in [0.1, 0.15) is 5.15 Å². The molecule has 2 heterocycles. The number of carbonyl (C=O) groups excluding carboxylic acids is 1. The van der Waals surface area contributed by atoms with Crippen LogP contribution in [0.15, 0.2) is 30.7 Å². The Morgan fingerprint density at radius 1 is 1.39 bits per heavy atom. The Labute approximate surface area is 137 Å². The topological polar surface area (TPSA) is 83.0 Å². The van der Waals surface area contributed by atoms with Gasteiger partial charge < -0.3 is 15.0 Å². The number of imidazole rings is 1. The van der Waals surface area contributed by atoms with Crippen LogP contribution in [-0.2, 0) is 18.2 Å². The third kappa shape index (κ3) is 2.73. The molecule has 0 saturated carbocycles. The SMILES string of the molecule is COC(=O)c1cc(Cc2ccc(Cl)nc2)c2ncn(C)c2c1N. The number of nitrogens with two attached hydrogens (primary N) is 1. The Hall–Kier alpha value is -2.60. The molecule has 3 aromatic rings. The molecule has 0 unspecified atom stereocenters. The first-order valence-electron chi connectivity index (χ1n) is 6.92. The predicted molar refractivity (Wildman–Crippen MR) is 88.5 cm³/mol. The standard InChI is InChI=1S/C16H15ClN4O2/c1-21-8-20-14-10(5-9-3-4-12(17)19-7-9)6-11(16(22)23-2)13(18)15(14)21/h3-4,6-8H,5,18H2,1-2H3. The van der Waals surface area contributed by atoms with Crippen molar-refractivity contribution in [3.63, 3.8) is 0 Å². The van der Waals surface area contributed by atoms with Crippen LogP contribution in [0.4, 0.5) is 5.69 Å². The van der Waals surface area contributed by atoms with Crippen molar-refractivity contribution in [2.24, 2.45) is 7.05 Å². The van der Waals surface area contributed by atoms with E-state index in [-0.39, 0.29) is 0 Å². The number of nitrogens with zero attached hydrogens (tertiary/aromatic N) is 3. The molecule has 0 saturated heterocycles. The number of anilines is 1. The van der Waals surface area contributed by atoms with Gasteiger partial charge in [-0.2, -0.15) is 0 Å². The molecule has 2 aromatic heterocycles. The average molecular weight is 331 g/mol. The van der Waals surface area contributed by atoms with Crippen molar-refractivity contribution in [3.05, 3.63) is 52.6 Å². The highest BCUT2D eigenvalue weighted by Crippen LogP contribution is 2.29. The van der Waals surface area contributed by atoms with Crippen molar-refractivity contribution in [1.82, 2.24) is 14.5 Å². The number of carbonyl (C=O) groups is 1. The van der Waals surface area contributed by atoms with Gasteiger partial charge in [-0.05, 0) is 23.3 Å². The Balaban J connectivity index is 2.17. The number of benzene rings is 1. The number of fused-ring (bicyclic) bond motifs is 1. The molecule has 118 valence electrons. The third-order valence-corrected chi connectivity index (χ3v) is 3.92. The van der Waals surface area contributed by atoms with Gasteiger partial charge in [-0.25, -0.2) is 14.8 Å². The van der Waals surface area contributed by atoms with Crippen LogP contribution >= 0.6 is 11.6 Å². The highest BCUT2D eigenvalue weighted by atomic mass is 35.5. The highest BCUT2D eigenvalue weighted by molar-refractivity contribution is 6.29. The number of pyridine rings is 1. The minimum absolute atomic E-state index is 0.334. The summed E-state index contributed by atoms with van der Waals surface area (Å²) in [5.41, 5.74) is 10.1. The molecule has 0 aliphatic heterocycles. The van der Waals surface area contributed by atoms with E-state index >= 15 is 0 Å². The number of esters is 1. The van der Waals surface area contributed by atoms with Crippen LogP contribution in [0.1, 0.15) is 21.5 Å². The second-order valence-electron chi connectivity index (χ2n) is 5.21. The van der Waals surface area contributed by atoms with Gasteiger partial charge in [-0.3, -0.25) is 0 Å². The van der Waals surface area contributed by atoms with E-state index in [0.29, 0.717) is 28.3 Å². The van der Waals surface area contributed by atoms with Gasteiger partial charge in [0.2, 0.25) is 0 Å². The Morgan fingerprint density at radius 2 is 2.17 bits per heavy atom. The molecule has 0 fully saturated rings. The predicted octanol–water partition coefficient (Wildman–Crippen LogP) is 2.58. The van der Waals surface area contributed by atoms with Crippen molar-refractivity contribution in [2.75, 3.05) is 12.8 Å². The molecule has 7 heteroatoms. The summed E-state index contributed by atoms with van der Waals surface area (Å²) in [4.78, 5) is 20.5. The molecule has 0 bridgehead atoms. The molecule has 3 rings (SSSR count). The van der Waals surface area contributed by atoms with Gasteiger partial charge in [0, 0.05) is 19.7 Å². The van der Waals surface area contributed by atoms with Crippen LogP contribution in [0.2, 0.25) is 5.15 Å². The van der Waals surface area contributed by atoms with E-state index in [0.717, 1.165) is 16.6 Å². The van der Waals surface area contributed by atoms with E-state index in [1.54, 1.807) is 29.2 Å². The Bertz CT molecular complexity index is 887. The van der Waals surface area contributed by atoms with Gasteiger partial charge in [-0.1, -0.05) is 17.7 Å². The first kappa shape index (κ1) is 15.3. The lowest BCUT2D eigenvalue weighted by molar-refractivity contribution is 0.0602. The van der Waals surface area contributed by atoms with Gasteiger partial charge in [0.05, 0.1) is 35.7 Å². The van der Waals surface area contributed by atoms with E-state index in [2.05, 4.69) is 9.97 Å². The van der Waals surface area contributed by atoms with E-state index in [1.165, 1.54) is 7.11 Å². The van der Waals surface area contributed by atoms with Crippen molar-refractivity contribution in [3.8, 4) is 0 Å². The summed E-state index contributed by atoms with van der Waals surface area (Å²) < 4.78 is 6.62. The maximum atomic E-state index is 12.0. The molecule has 0 aliphatic carbocycles. The summed E-state index contributed by atoms with van der Waals surface area (Å²) in [5.74, 6) is -0.471. The van der Waals surface area contributed by atoms with Crippen LogP contribution in [-0.4, -0.2) is 27.6 Å². The summed E-state index contributed by atoms with van der Waals surface area (Å²) >= 11 is 5.81. The second-order valence-corrected chi connectivity index (χ2v) is 5.59. The lowest BCUT2D eigenvalue weighted by Crippen LogP contribution is -2.09. The Kier molecular flexibility index (Phi) is 3.92. The van der Waals surface area contributed by atoms with Gasteiger partial charge in [0.25, 0.3) is 0 Å². The molecule has 0 aliphatic rings. The van der Waals surface area contributed by atoms with Crippen LogP contribution in [0.25, 0.3) is 11.0 Å². The number of ether oxygens (including phenoxy) is 1. The second kappa shape index (κ2) is 5.89. The van der Waals surface area contributed by atoms with Crippen molar-refractivity contribution in [1.29, 1.82) is 0 Å². The number of hydrogen-bond acceptors (Lipinski definition) is 5. The molecule has 1 aromatic carbocycles. The molecular weight excluding hydrogens is 316 g/mol. The van der Waals surface area contributed by atoms with Gasteiger partial charge >= 0.3 is 5.97 Å². The van der Waals surface area contributed by atoms with Crippen LogP contribution in [0.5, 0.6) is 0 Å². The van der Waals surface area contributed by atoms with E-state index < -0.39 is 5.97 Å². The largest absolute Gasteiger partial charge is 0.465 e. The Morgan fingerprint density at radius 3 is 2.83 bits per heavy atom. The molecule has 0 radical (unpaired) electrons. The van der Waals surface area contributed by atoms with Gasteiger partial charge in [0.15, 0.2) is 0 Å². The fraction of sp³-hybridized carbons (Fsp3) is 0.188. The molecule has 0 spiro atoms. The quantitative estimate of drug-likeness (QED) is 0.453. The highest BCUT2D eigenvalue weighted by Gasteiger charge is 2.19. The molecule has 23 heavy (non-hydrogen) atoms. The lowest BCUT2D eigenvalue weighted by Gasteiger charge is -2.11. The number of methoxy groups -OCH3 is 1. The minimum Gasteiger partial charge on any atom is -0.465 e. The summed E-state index contributed by atoms with van der Waals surface area (Å²) in [5, 5.41) is 0.435. The monoisotopic (exact) mass is 330 g/mol. The van der Waals surface area contributed by atoms with E-state index in [9.17, 15) is 4.79 Å². The fourth-order valence-electron chi connectivity index (χ4n) is 2.58. The molecule has 0 atom stereocenters. The molecular formula is C16H15ClN4O2. The van der Waals surface area contributed by atoms with Crippen LogP contribution < -0.4 is 5.73 Å². The maximum absolute atomic E-state index is 12.0. The van der Waals surface area contributed by atoms with Crippen molar-refractivity contribution >= 4 is 34.3 Å². The van der Waals surface area contributed by atoms with E-state index in [1.807, 2.05) is 13.1 Å². The lowest BCUT2D eigenvalue weighted by atomic mass is 10.0. The third-order valence-electron chi connectivity index (χ3n) is 3.69. The zero-order valence-electron chi connectivity index (χ0n) is 12.7. The number of nitrogen functional groups attached to an aromatic ring is 1. The zero-order valence-corrected chi connectivity index (χ0v) is 13.5. The van der Waals surface area contributed by atoms with Crippen LogP contribution in [0.3, 0.4) is 0 Å². The number of aromatic nitrogens is 3. The molecule has 6 nitrogen and oxygen atoms in total. The first-order valence-corrected chi connectivity index (χ1v) is 7.30. The summed E-state index contributed by atoms with van der Waals surface area (Å²) in [6.45, 7) is 0. The van der Waals surface area contributed by atoms with E-state index in [4.69, 9.17) is 22.1 Å². The number of aryl methyl sites for hydroxylation is 1. The number of rotatable bonds is 3. The number of hydrogen-bond donors (Lipinski definition) is 1. The summed E-state index contributed by atoms with van der Waals surface area (Å²) in [6.07, 6.45) is 3.93. The first-order chi connectivity index (χ1) is 11.0. The molecule has 0 amide bonds.